The number of H-pyrrole nitrogens is 1. The van der Waals surface area contributed by atoms with Gasteiger partial charge in [0.05, 0.1) is 11.1 Å². The largest absolute Gasteiger partial charge is 0.416 e. The van der Waals surface area contributed by atoms with Crippen LogP contribution in [0.15, 0.2) is 29.1 Å². The third kappa shape index (κ3) is 4.79. The lowest BCUT2D eigenvalue weighted by molar-refractivity contribution is -0.137. The number of rotatable bonds is 4. The van der Waals surface area contributed by atoms with Crippen molar-refractivity contribution in [2.45, 2.75) is 25.6 Å². The highest BCUT2D eigenvalue weighted by Gasteiger charge is 2.33. The quantitative estimate of drug-likeness (QED) is 0.823. The zero-order valence-corrected chi connectivity index (χ0v) is 15.8. The molecule has 1 heterocycles. The molecule has 0 bridgehead atoms. The van der Waals surface area contributed by atoms with E-state index in [1.165, 1.54) is 11.0 Å². The summed E-state index contributed by atoms with van der Waals surface area (Å²) in [6.45, 7) is 3.17. The number of hydrogen-bond acceptors (Lipinski definition) is 4. The Bertz CT molecular complexity index is 923. The van der Waals surface area contributed by atoms with Crippen LogP contribution in [0.4, 0.5) is 19.1 Å². The zero-order chi connectivity index (χ0) is 20.6. The molecule has 0 atom stereocenters. The van der Waals surface area contributed by atoms with Gasteiger partial charge in [-0.2, -0.15) is 13.2 Å². The summed E-state index contributed by atoms with van der Waals surface area (Å²) in [5, 5.41) is 2.51. The SMILES string of the molecule is CN(C)c1nc(C(=O)NC(C)(C)c2ccc(C(F)(F)F)cc2Cl)cc(=O)[nH]1. The Morgan fingerprint density at radius 2 is 1.85 bits per heavy atom. The van der Waals surface area contributed by atoms with Crippen LogP contribution < -0.4 is 15.8 Å². The number of benzene rings is 1. The second-order valence-electron chi connectivity index (χ2n) is 6.62. The predicted molar refractivity (Wildman–Crippen MR) is 96.1 cm³/mol. The van der Waals surface area contributed by atoms with Crippen molar-refractivity contribution in [3.63, 3.8) is 0 Å². The lowest BCUT2D eigenvalue weighted by Crippen LogP contribution is -2.42. The highest BCUT2D eigenvalue weighted by molar-refractivity contribution is 6.31. The topological polar surface area (TPSA) is 78.1 Å². The minimum atomic E-state index is -4.52. The number of anilines is 1. The summed E-state index contributed by atoms with van der Waals surface area (Å²) in [6, 6.07) is 3.94. The number of halogens is 4. The maximum absolute atomic E-state index is 12.8. The van der Waals surface area contributed by atoms with Crippen LogP contribution in [0.2, 0.25) is 5.02 Å². The van der Waals surface area contributed by atoms with Gasteiger partial charge in [-0.25, -0.2) is 4.98 Å². The molecular formula is C17H18ClF3N4O2. The van der Waals surface area contributed by atoms with Gasteiger partial charge in [0.2, 0.25) is 5.95 Å². The highest BCUT2D eigenvalue weighted by atomic mass is 35.5. The molecule has 2 rings (SSSR count). The van der Waals surface area contributed by atoms with E-state index < -0.39 is 28.7 Å². The smallest absolute Gasteiger partial charge is 0.348 e. The normalized spacial score (nSPS) is 12.0. The van der Waals surface area contributed by atoms with Crippen molar-refractivity contribution in [2.24, 2.45) is 0 Å². The van der Waals surface area contributed by atoms with Gasteiger partial charge in [0.25, 0.3) is 11.5 Å². The maximum Gasteiger partial charge on any atom is 0.416 e. The predicted octanol–water partition coefficient (Wildman–Crippen LogP) is 3.17. The van der Waals surface area contributed by atoms with Crippen LogP contribution in [-0.2, 0) is 11.7 Å². The number of carbonyl (C=O) groups is 1. The molecule has 6 nitrogen and oxygen atoms in total. The van der Waals surface area contributed by atoms with Crippen LogP contribution in [0.1, 0.15) is 35.5 Å². The van der Waals surface area contributed by atoms with Gasteiger partial charge < -0.3 is 10.2 Å². The van der Waals surface area contributed by atoms with E-state index in [0.717, 1.165) is 18.2 Å². The molecule has 27 heavy (non-hydrogen) atoms. The van der Waals surface area contributed by atoms with E-state index in [4.69, 9.17) is 11.6 Å². The molecule has 1 amide bonds. The minimum absolute atomic E-state index is 0.126. The molecule has 0 unspecified atom stereocenters. The Hall–Kier alpha value is -2.55. The third-order valence-electron chi connectivity index (χ3n) is 3.78. The monoisotopic (exact) mass is 402 g/mol. The summed E-state index contributed by atoms with van der Waals surface area (Å²) >= 11 is 6.01. The molecular weight excluding hydrogens is 385 g/mol. The molecule has 146 valence electrons. The average molecular weight is 403 g/mol. The molecule has 0 radical (unpaired) electrons. The van der Waals surface area contributed by atoms with Gasteiger partial charge in [-0.3, -0.25) is 14.6 Å². The van der Waals surface area contributed by atoms with Crippen LogP contribution in [-0.4, -0.2) is 30.0 Å². The van der Waals surface area contributed by atoms with E-state index in [1.54, 1.807) is 27.9 Å². The Labute approximate surface area is 158 Å². The first-order chi connectivity index (χ1) is 12.3. The summed E-state index contributed by atoms with van der Waals surface area (Å²) in [5.74, 6) is -0.469. The van der Waals surface area contributed by atoms with E-state index in [0.29, 0.717) is 5.56 Å². The van der Waals surface area contributed by atoms with Gasteiger partial charge in [-0.05, 0) is 31.5 Å². The molecule has 2 N–H and O–H groups in total. The summed E-state index contributed by atoms with van der Waals surface area (Å²) in [4.78, 5) is 32.3. The van der Waals surface area contributed by atoms with E-state index >= 15 is 0 Å². The summed E-state index contributed by atoms with van der Waals surface area (Å²) < 4.78 is 38.4. The van der Waals surface area contributed by atoms with Gasteiger partial charge >= 0.3 is 6.18 Å². The highest BCUT2D eigenvalue weighted by Crippen LogP contribution is 2.35. The fraction of sp³-hybridized carbons (Fsp3) is 0.353. The zero-order valence-electron chi connectivity index (χ0n) is 15.0. The molecule has 10 heteroatoms. The van der Waals surface area contributed by atoms with Gasteiger partial charge in [0.1, 0.15) is 5.69 Å². The second kappa shape index (κ2) is 7.22. The minimum Gasteiger partial charge on any atom is -0.348 e. The number of aromatic nitrogens is 2. The number of amides is 1. The number of nitrogens with zero attached hydrogens (tertiary/aromatic N) is 2. The van der Waals surface area contributed by atoms with Gasteiger partial charge in [-0.15, -0.1) is 0 Å². The summed E-state index contributed by atoms with van der Waals surface area (Å²) in [6.07, 6.45) is -4.52. The van der Waals surface area contributed by atoms with Crippen molar-refractivity contribution < 1.29 is 18.0 Å². The van der Waals surface area contributed by atoms with Crippen molar-refractivity contribution >= 4 is 23.5 Å². The maximum atomic E-state index is 12.8. The first-order valence-electron chi connectivity index (χ1n) is 7.79. The molecule has 0 aliphatic carbocycles. The molecule has 1 aromatic carbocycles. The Morgan fingerprint density at radius 3 is 2.37 bits per heavy atom. The van der Waals surface area contributed by atoms with Crippen molar-refractivity contribution in [3.05, 3.63) is 56.5 Å². The van der Waals surface area contributed by atoms with Crippen LogP contribution in [0.3, 0.4) is 0 Å². The molecule has 1 aromatic heterocycles. The fourth-order valence-electron chi connectivity index (χ4n) is 2.39. The first kappa shape index (κ1) is 20.8. The van der Waals surface area contributed by atoms with E-state index in [1.807, 2.05) is 0 Å². The summed E-state index contributed by atoms with van der Waals surface area (Å²) in [7, 11) is 3.29. The van der Waals surface area contributed by atoms with Gasteiger partial charge in [0, 0.05) is 25.2 Å². The van der Waals surface area contributed by atoms with Gasteiger partial charge in [-0.1, -0.05) is 17.7 Å². The van der Waals surface area contributed by atoms with Crippen LogP contribution in [0.25, 0.3) is 0 Å². The van der Waals surface area contributed by atoms with Crippen molar-refractivity contribution in [2.75, 3.05) is 19.0 Å². The number of nitrogens with one attached hydrogen (secondary N) is 2. The molecule has 0 aliphatic heterocycles. The second-order valence-corrected chi connectivity index (χ2v) is 7.03. The molecule has 0 aliphatic rings. The summed E-state index contributed by atoms with van der Waals surface area (Å²) in [5.41, 5.74) is -2.34. The lowest BCUT2D eigenvalue weighted by atomic mass is 9.93. The Morgan fingerprint density at radius 1 is 1.22 bits per heavy atom. The molecule has 2 aromatic rings. The standard InChI is InChI=1S/C17H18ClF3N4O2/c1-16(2,10-6-5-9(7-11(10)18)17(19,20)21)24-14(27)12-8-13(26)23-15(22-12)25(3)4/h5-8H,1-4H3,(H,24,27)(H,22,23,26). The first-order valence-corrected chi connectivity index (χ1v) is 8.17. The lowest BCUT2D eigenvalue weighted by Gasteiger charge is -2.28. The third-order valence-corrected chi connectivity index (χ3v) is 4.09. The Balaban J connectivity index is 2.33. The van der Waals surface area contributed by atoms with Crippen LogP contribution >= 0.6 is 11.6 Å². The van der Waals surface area contributed by atoms with Crippen molar-refractivity contribution in [1.29, 1.82) is 0 Å². The van der Waals surface area contributed by atoms with E-state index in [-0.39, 0.29) is 16.7 Å². The van der Waals surface area contributed by atoms with Crippen molar-refractivity contribution in [3.8, 4) is 0 Å². The molecule has 0 spiro atoms. The Kier molecular flexibility index (Phi) is 5.55. The van der Waals surface area contributed by atoms with Gasteiger partial charge in [0.15, 0.2) is 0 Å². The molecule has 0 fully saturated rings. The number of alkyl halides is 3. The van der Waals surface area contributed by atoms with Crippen molar-refractivity contribution in [1.82, 2.24) is 15.3 Å². The van der Waals surface area contributed by atoms with E-state index in [2.05, 4.69) is 15.3 Å². The molecule has 0 saturated carbocycles. The van der Waals surface area contributed by atoms with Crippen LogP contribution in [0.5, 0.6) is 0 Å². The number of carbonyl (C=O) groups excluding carboxylic acids is 1. The molecule has 0 saturated heterocycles. The fourth-order valence-corrected chi connectivity index (χ4v) is 2.80. The van der Waals surface area contributed by atoms with Crippen LogP contribution in [0, 0.1) is 0 Å². The average Bonchev–Trinajstić information content (AvgIpc) is 2.52. The van der Waals surface area contributed by atoms with E-state index in [9.17, 15) is 22.8 Å². The number of hydrogen-bond donors (Lipinski definition) is 2. The number of aromatic amines is 1.